The third kappa shape index (κ3) is 0.518. The Hall–Kier alpha value is -1.25. The molecule has 0 amide bonds. The minimum atomic E-state index is 1.06. The van der Waals surface area contributed by atoms with E-state index in [1.165, 1.54) is 11.4 Å². The monoisotopic (exact) mass is 135 g/mol. The lowest BCUT2D eigenvalue weighted by Gasteiger charge is -1.86. The average Bonchev–Trinajstić information content (AvgIpc) is 2.41. The van der Waals surface area contributed by atoms with Crippen LogP contribution in [0.3, 0.4) is 0 Å². The molecule has 2 heterocycles. The SMILES string of the molecule is Cc1[nH]c2cncn2c1C. The maximum Gasteiger partial charge on any atom is 0.134 e. The molecule has 0 aliphatic carbocycles. The normalized spacial score (nSPS) is 11.0. The Morgan fingerprint density at radius 3 is 3.00 bits per heavy atom. The zero-order valence-electron chi connectivity index (χ0n) is 6.05. The Labute approximate surface area is 58.7 Å². The first kappa shape index (κ1) is 5.53. The van der Waals surface area contributed by atoms with E-state index in [2.05, 4.69) is 23.8 Å². The number of hydrogen-bond acceptors (Lipinski definition) is 1. The summed E-state index contributed by atoms with van der Waals surface area (Å²) in [4.78, 5) is 7.20. The summed E-state index contributed by atoms with van der Waals surface area (Å²) < 4.78 is 2.04. The maximum atomic E-state index is 3.99. The molecule has 3 nitrogen and oxygen atoms in total. The summed E-state index contributed by atoms with van der Waals surface area (Å²) in [6.45, 7) is 4.13. The van der Waals surface area contributed by atoms with Crippen molar-refractivity contribution in [3.05, 3.63) is 23.9 Å². The molecule has 0 aliphatic rings. The van der Waals surface area contributed by atoms with Gasteiger partial charge in [0, 0.05) is 11.4 Å². The van der Waals surface area contributed by atoms with E-state index >= 15 is 0 Å². The second-order valence-electron chi connectivity index (χ2n) is 2.48. The third-order valence-electron chi connectivity index (χ3n) is 1.86. The van der Waals surface area contributed by atoms with Crippen molar-refractivity contribution in [2.45, 2.75) is 13.8 Å². The molecule has 2 aromatic rings. The molecule has 0 radical (unpaired) electrons. The summed E-state index contributed by atoms with van der Waals surface area (Å²) in [5, 5.41) is 0. The fourth-order valence-electron chi connectivity index (χ4n) is 1.12. The van der Waals surface area contributed by atoms with E-state index in [-0.39, 0.29) is 0 Å². The molecule has 0 atom stereocenters. The number of aryl methyl sites for hydroxylation is 2. The molecule has 0 unspecified atom stereocenters. The number of nitrogens with one attached hydrogen (secondary N) is 1. The molecule has 1 N–H and O–H groups in total. The van der Waals surface area contributed by atoms with Crippen LogP contribution in [0.15, 0.2) is 12.5 Å². The number of rotatable bonds is 0. The van der Waals surface area contributed by atoms with Crippen LogP contribution in [0.4, 0.5) is 0 Å². The van der Waals surface area contributed by atoms with Gasteiger partial charge >= 0.3 is 0 Å². The Morgan fingerprint density at radius 2 is 2.30 bits per heavy atom. The fraction of sp³-hybridized carbons (Fsp3) is 0.286. The van der Waals surface area contributed by atoms with Crippen molar-refractivity contribution < 1.29 is 0 Å². The molecule has 0 saturated carbocycles. The zero-order chi connectivity index (χ0) is 7.14. The van der Waals surface area contributed by atoms with Gasteiger partial charge in [-0.3, -0.25) is 4.40 Å². The lowest BCUT2D eigenvalue weighted by Crippen LogP contribution is -1.81. The number of imidazole rings is 2. The molecule has 0 bridgehead atoms. The van der Waals surface area contributed by atoms with Crippen LogP contribution in [0.5, 0.6) is 0 Å². The van der Waals surface area contributed by atoms with E-state index in [0.717, 1.165) is 5.65 Å². The molecule has 0 spiro atoms. The van der Waals surface area contributed by atoms with Crippen LogP contribution in [0.25, 0.3) is 5.65 Å². The van der Waals surface area contributed by atoms with E-state index in [1.807, 2.05) is 16.9 Å². The highest BCUT2D eigenvalue weighted by molar-refractivity contribution is 5.40. The second kappa shape index (κ2) is 1.62. The van der Waals surface area contributed by atoms with Gasteiger partial charge in [-0.25, -0.2) is 4.98 Å². The van der Waals surface area contributed by atoms with Crippen molar-refractivity contribution >= 4 is 5.65 Å². The summed E-state index contributed by atoms with van der Waals surface area (Å²) in [6, 6.07) is 0. The van der Waals surface area contributed by atoms with E-state index in [9.17, 15) is 0 Å². The number of H-pyrrole nitrogens is 1. The predicted molar refractivity (Wildman–Crippen MR) is 39.0 cm³/mol. The lowest BCUT2D eigenvalue weighted by atomic mass is 10.4. The predicted octanol–water partition coefficient (Wildman–Crippen LogP) is 1.28. The van der Waals surface area contributed by atoms with Crippen molar-refractivity contribution in [3.8, 4) is 0 Å². The summed E-state index contributed by atoms with van der Waals surface area (Å²) in [5.41, 5.74) is 3.50. The van der Waals surface area contributed by atoms with Crippen LogP contribution >= 0.6 is 0 Å². The highest BCUT2D eigenvalue weighted by atomic mass is 15.1. The first-order valence-corrected chi connectivity index (χ1v) is 3.26. The molecular weight excluding hydrogens is 126 g/mol. The van der Waals surface area contributed by atoms with Crippen LogP contribution in [0, 0.1) is 13.8 Å². The van der Waals surface area contributed by atoms with Gasteiger partial charge in [0.2, 0.25) is 0 Å². The minimum absolute atomic E-state index is 1.06. The van der Waals surface area contributed by atoms with E-state index < -0.39 is 0 Å². The molecule has 0 saturated heterocycles. The number of aromatic nitrogens is 3. The van der Waals surface area contributed by atoms with Gasteiger partial charge in [-0.15, -0.1) is 0 Å². The van der Waals surface area contributed by atoms with Crippen molar-refractivity contribution in [1.29, 1.82) is 0 Å². The van der Waals surface area contributed by atoms with Gasteiger partial charge in [0.05, 0.1) is 6.20 Å². The topological polar surface area (TPSA) is 33.1 Å². The zero-order valence-corrected chi connectivity index (χ0v) is 6.05. The highest BCUT2D eigenvalue weighted by Crippen LogP contribution is 2.08. The molecule has 3 heteroatoms. The van der Waals surface area contributed by atoms with Gasteiger partial charge in [0.25, 0.3) is 0 Å². The Morgan fingerprint density at radius 1 is 1.50 bits per heavy atom. The Kier molecular flexibility index (Phi) is 0.897. The maximum absolute atomic E-state index is 3.99. The number of nitrogens with zero attached hydrogens (tertiary/aromatic N) is 2. The summed E-state index contributed by atoms with van der Waals surface area (Å²) >= 11 is 0. The molecule has 52 valence electrons. The van der Waals surface area contributed by atoms with Crippen molar-refractivity contribution in [1.82, 2.24) is 14.4 Å². The van der Waals surface area contributed by atoms with Crippen molar-refractivity contribution in [3.63, 3.8) is 0 Å². The smallest absolute Gasteiger partial charge is 0.134 e. The second-order valence-corrected chi connectivity index (χ2v) is 2.48. The first-order chi connectivity index (χ1) is 4.79. The van der Waals surface area contributed by atoms with Gasteiger partial charge < -0.3 is 4.98 Å². The minimum Gasteiger partial charge on any atom is -0.342 e. The van der Waals surface area contributed by atoms with E-state index in [1.54, 1.807) is 0 Å². The van der Waals surface area contributed by atoms with E-state index in [0.29, 0.717) is 0 Å². The van der Waals surface area contributed by atoms with Crippen LogP contribution in [0.1, 0.15) is 11.4 Å². The van der Waals surface area contributed by atoms with E-state index in [4.69, 9.17) is 0 Å². The van der Waals surface area contributed by atoms with Crippen LogP contribution in [0.2, 0.25) is 0 Å². The molecule has 2 aromatic heterocycles. The quantitative estimate of drug-likeness (QED) is 0.580. The third-order valence-corrected chi connectivity index (χ3v) is 1.86. The van der Waals surface area contributed by atoms with Crippen LogP contribution in [-0.2, 0) is 0 Å². The fourth-order valence-corrected chi connectivity index (χ4v) is 1.12. The first-order valence-electron chi connectivity index (χ1n) is 3.26. The molecular formula is C7H9N3. The van der Waals surface area contributed by atoms with Gasteiger partial charge in [0.1, 0.15) is 12.0 Å². The van der Waals surface area contributed by atoms with Crippen LogP contribution in [-0.4, -0.2) is 14.4 Å². The molecule has 2 rings (SSSR count). The standard InChI is InChI=1S/C7H9N3/c1-5-6(2)10-4-8-3-7(10)9-5/h3-4,9H,1-2H3. The number of fused-ring (bicyclic) bond motifs is 1. The average molecular weight is 135 g/mol. The molecule has 0 fully saturated rings. The summed E-state index contributed by atoms with van der Waals surface area (Å²) in [6.07, 6.45) is 3.63. The largest absolute Gasteiger partial charge is 0.342 e. The number of hydrogen-bond donors (Lipinski definition) is 1. The van der Waals surface area contributed by atoms with Gasteiger partial charge in [-0.1, -0.05) is 0 Å². The summed E-state index contributed by atoms with van der Waals surface area (Å²) in [5.74, 6) is 0. The van der Waals surface area contributed by atoms with Gasteiger partial charge in [-0.2, -0.15) is 0 Å². The van der Waals surface area contributed by atoms with Gasteiger partial charge in [0.15, 0.2) is 0 Å². The van der Waals surface area contributed by atoms with Crippen molar-refractivity contribution in [2.24, 2.45) is 0 Å². The molecule has 0 aromatic carbocycles. The highest BCUT2D eigenvalue weighted by Gasteiger charge is 2.00. The Bertz CT molecular complexity index is 356. The van der Waals surface area contributed by atoms with Gasteiger partial charge in [-0.05, 0) is 13.8 Å². The molecule has 10 heavy (non-hydrogen) atoms. The Balaban J connectivity index is 2.95. The number of aromatic amines is 1. The van der Waals surface area contributed by atoms with Crippen LogP contribution < -0.4 is 0 Å². The lowest BCUT2D eigenvalue weighted by molar-refractivity contribution is 1.08. The molecule has 0 aliphatic heterocycles. The summed E-state index contributed by atoms with van der Waals surface area (Å²) in [7, 11) is 0. The van der Waals surface area contributed by atoms with Crippen molar-refractivity contribution in [2.75, 3.05) is 0 Å².